The number of carbonyl (C=O) groups is 2. The molecule has 2 N–H and O–H groups in total. The summed E-state index contributed by atoms with van der Waals surface area (Å²) in [5.74, 6) is -0.920. The molecular weight excluding hydrogens is 298 g/mol. The van der Waals surface area contributed by atoms with Crippen molar-refractivity contribution >= 4 is 11.9 Å². The lowest BCUT2D eigenvalue weighted by Crippen LogP contribution is -2.44. The summed E-state index contributed by atoms with van der Waals surface area (Å²) in [6, 6.07) is 5.85. The molecular formula is C17H23NO5. The Morgan fingerprint density at radius 3 is 2.35 bits per heavy atom. The predicted molar refractivity (Wildman–Crippen MR) is 84.6 cm³/mol. The van der Waals surface area contributed by atoms with E-state index in [2.05, 4.69) is 5.32 Å². The topological polar surface area (TPSA) is 84.9 Å². The van der Waals surface area contributed by atoms with Crippen molar-refractivity contribution in [1.82, 2.24) is 5.32 Å². The van der Waals surface area contributed by atoms with Gasteiger partial charge in [-0.1, -0.05) is 13.8 Å². The SMILES string of the molecule is CC(C)C(NC(=O)c1ccc(OC2CCOCC2)cc1)C(=O)O. The lowest BCUT2D eigenvalue weighted by molar-refractivity contribution is -0.140. The van der Waals surface area contributed by atoms with Crippen LogP contribution in [0.4, 0.5) is 0 Å². The molecule has 2 rings (SSSR count). The molecule has 1 fully saturated rings. The largest absolute Gasteiger partial charge is 0.490 e. The first-order valence-electron chi connectivity index (χ1n) is 7.85. The predicted octanol–water partition coefficient (Wildman–Crippen LogP) is 2.08. The van der Waals surface area contributed by atoms with Gasteiger partial charge in [0.15, 0.2) is 0 Å². The zero-order valence-electron chi connectivity index (χ0n) is 13.5. The summed E-state index contributed by atoms with van der Waals surface area (Å²) in [4.78, 5) is 23.3. The number of ether oxygens (including phenoxy) is 2. The Bertz CT molecular complexity index is 534. The van der Waals surface area contributed by atoms with Crippen molar-refractivity contribution in [2.45, 2.75) is 38.8 Å². The van der Waals surface area contributed by atoms with E-state index in [4.69, 9.17) is 14.6 Å². The lowest BCUT2D eigenvalue weighted by atomic mass is 10.0. The van der Waals surface area contributed by atoms with Crippen LogP contribution < -0.4 is 10.1 Å². The van der Waals surface area contributed by atoms with Gasteiger partial charge in [-0.15, -0.1) is 0 Å². The molecule has 1 aliphatic heterocycles. The number of rotatable bonds is 6. The molecule has 0 aromatic heterocycles. The highest BCUT2D eigenvalue weighted by molar-refractivity contribution is 5.96. The van der Waals surface area contributed by atoms with E-state index in [1.165, 1.54) is 0 Å². The number of hydrogen-bond donors (Lipinski definition) is 2. The van der Waals surface area contributed by atoms with E-state index >= 15 is 0 Å². The number of aliphatic carboxylic acids is 1. The van der Waals surface area contributed by atoms with Gasteiger partial charge in [-0.2, -0.15) is 0 Å². The Kier molecular flexibility index (Phi) is 5.98. The minimum absolute atomic E-state index is 0.140. The van der Waals surface area contributed by atoms with Gasteiger partial charge in [0, 0.05) is 18.4 Å². The minimum atomic E-state index is -1.03. The third kappa shape index (κ3) is 4.96. The van der Waals surface area contributed by atoms with Gasteiger partial charge in [0.25, 0.3) is 5.91 Å². The van der Waals surface area contributed by atoms with E-state index in [1.54, 1.807) is 38.1 Å². The smallest absolute Gasteiger partial charge is 0.326 e. The van der Waals surface area contributed by atoms with E-state index < -0.39 is 17.9 Å². The fourth-order valence-corrected chi connectivity index (χ4v) is 2.41. The van der Waals surface area contributed by atoms with E-state index in [0.29, 0.717) is 24.5 Å². The van der Waals surface area contributed by atoms with Crippen molar-refractivity contribution in [3.63, 3.8) is 0 Å². The summed E-state index contributed by atoms with van der Waals surface area (Å²) >= 11 is 0. The van der Waals surface area contributed by atoms with Gasteiger partial charge >= 0.3 is 5.97 Å². The molecule has 6 nitrogen and oxygen atoms in total. The van der Waals surface area contributed by atoms with Gasteiger partial charge in [0.2, 0.25) is 0 Å². The fraction of sp³-hybridized carbons (Fsp3) is 0.529. The average Bonchev–Trinajstić information content (AvgIpc) is 2.53. The summed E-state index contributed by atoms with van der Waals surface area (Å²) in [6.07, 6.45) is 1.86. The first kappa shape index (κ1) is 17.3. The minimum Gasteiger partial charge on any atom is -0.490 e. The normalized spacial score (nSPS) is 16.8. The first-order chi connectivity index (χ1) is 11.0. The van der Waals surface area contributed by atoms with Crippen molar-refractivity contribution in [2.75, 3.05) is 13.2 Å². The second kappa shape index (κ2) is 7.97. The Balaban J connectivity index is 1.95. The maximum Gasteiger partial charge on any atom is 0.326 e. The van der Waals surface area contributed by atoms with Crippen LogP contribution in [0.25, 0.3) is 0 Å². The molecule has 1 atom stereocenters. The van der Waals surface area contributed by atoms with Gasteiger partial charge in [-0.3, -0.25) is 4.79 Å². The highest BCUT2D eigenvalue weighted by Gasteiger charge is 2.24. The van der Waals surface area contributed by atoms with Crippen LogP contribution in [0.5, 0.6) is 5.75 Å². The lowest BCUT2D eigenvalue weighted by Gasteiger charge is -2.23. The highest BCUT2D eigenvalue weighted by atomic mass is 16.5. The third-order valence-electron chi connectivity index (χ3n) is 3.81. The van der Waals surface area contributed by atoms with Crippen molar-refractivity contribution in [2.24, 2.45) is 5.92 Å². The molecule has 1 aromatic carbocycles. The molecule has 23 heavy (non-hydrogen) atoms. The molecule has 6 heteroatoms. The Morgan fingerprint density at radius 2 is 1.83 bits per heavy atom. The number of amides is 1. The van der Waals surface area contributed by atoms with Gasteiger partial charge < -0.3 is 19.9 Å². The summed E-state index contributed by atoms with van der Waals surface area (Å²) in [5, 5.41) is 11.7. The van der Waals surface area contributed by atoms with Crippen LogP contribution >= 0.6 is 0 Å². The van der Waals surface area contributed by atoms with Gasteiger partial charge in [-0.25, -0.2) is 4.79 Å². The molecule has 126 valence electrons. The Labute approximate surface area is 135 Å². The third-order valence-corrected chi connectivity index (χ3v) is 3.81. The number of carbonyl (C=O) groups excluding carboxylic acids is 1. The second-order valence-electron chi connectivity index (χ2n) is 5.99. The van der Waals surface area contributed by atoms with Crippen LogP contribution in [0.3, 0.4) is 0 Å². The van der Waals surface area contributed by atoms with Crippen molar-refractivity contribution in [1.29, 1.82) is 0 Å². The molecule has 1 aliphatic rings. The Morgan fingerprint density at radius 1 is 1.22 bits per heavy atom. The summed E-state index contributed by atoms with van der Waals surface area (Å²) in [7, 11) is 0. The maximum absolute atomic E-state index is 12.1. The molecule has 0 spiro atoms. The molecule has 0 radical (unpaired) electrons. The molecule has 0 saturated carbocycles. The van der Waals surface area contributed by atoms with Crippen LogP contribution in [0.15, 0.2) is 24.3 Å². The molecule has 1 unspecified atom stereocenters. The standard InChI is InChI=1S/C17H23NO5/c1-11(2)15(17(20)21)18-16(19)12-3-5-13(6-4-12)23-14-7-9-22-10-8-14/h3-6,11,14-15H,7-10H2,1-2H3,(H,18,19)(H,20,21). The monoisotopic (exact) mass is 321 g/mol. The summed E-state index contributed by atoms with van der Waals surface area (Å²) in [5.41, 5.74) is 0.413. The molecule has 1 aromatic rings. The zero-order valence-corrected chi connectivity index (χ0v) is 13.5. The highest BCUT2D eigenvalue weighted by Crippen LogP contribution is 2.18. The van der Waals surface area contributed by atoms with Crippen molar-refractivity contribution < 1.29 is 24.2 Å². The van der Waals surface area contributed by atoms with Crippen LogP contribution in [0.2, 0.25) is 0 Å². The number of nitrogens with one attached hydrogen (secondary N) is 1. The second-order valence-corrected chi connectivity index (χ2v) is 5.99. The van der Waals surface area contributed by atoms with Gasteiger partial charge in [0.1, 0.15) is 17.9 Å². The molecule has 1 saturated heterocycles. The van der Waals surface area contributed by atoms with Crippen LogP contribution in [0.1, 0.15) is 37.0 Å². The van der Waals surface area contributed by atoms with E-state index in [0.717, 1.165) is 12.8 Å². The molecule has 0 bridgehead atoms. The van der Waals surface area contributed by atoms with Gasteiger partial charge in [0.05, 0.1) is 13.2 Å². The van der Waals surface area contributed by atoms with E-state index in [9.17, 15) is 9.59 Å². The quantitative estimate of drug-likeness (QED) is 0.838. The van der Waals surface area contributed by atoms with Crippen LogP contribution in [-0.2, 0) is 9.53 Å². The summed E-state index contributed by atoms with van der Waals surface area (Å²) in [6.45, 7) is 4.92. The fourth-order valence-electron chi connectivity index (χ4n) is 2.41. The van der Waals surface area contributed by atoms with Gasteiger partial charge in [-0.05, 0) is 30.2 Å². The van der Waals surface area contributed by atoms with Crippen LogP contribution in [0, 0.1) is 5.92 Å². The van der Waals surface area contributed by atoms with Crippen molar-refractivity contribution in [3.8, 4) is 5.75 Å². The number of benzene rings is 1. The number of carboxylic acid groups (broad SMARTS) is 1. The Hall–Kier alpha value is -2.08. The zero-order chi connectivity index (χ0) is 16.8. The van der Waals surface area contributed by atoms with Crippen LogP contribution in [-0.4, -0.2) is 42.3 Å². The summed E-state index contributed by atoms with van der Waals surface area (Å²) < 4.78 is 11.1. The van der Waals surface area contributed by atoms with E-state index in [-0.39, 0.29) is 12.0 Å². The molecule has 1 amide bonds. The molecule has 0 aliphatic carbocycles. The maximum atomic E-state index is 12.1. The average molecular weight is 321 g/mol. The first-order valence-corrected chi connectivity index (χ1v) is 7.85. The van der Waals surface area contributed by atoms with Crippen molar-refractivity contribution in [3.05, 3.63) is 29.8 Å². The number of hydrogen-bond acceptors (Lipinski definition) is 4. The number of carboxylic acids is 1. The molecule has 1 heterocycles. The van der Waals surface area contributed by atoms with E-state index in [1.807, 2.05) is 0 Å².